The molecule has 8 heteroatoms. The van der Waals surface area contributed by atoms with Gasteiger partial charge >= 0.3 is 5.97 Å². The number of halogens is 2. The van der Waals surface area contributed by atoms with Crippen LogP contribution in [0.25, 0.3) is 11.1 Å². The highest BCUT2D eigenvalue weighted by Crippen LogP contribution is 2.30. The van der Waals surface area contributed by atoms with Gasteiger partial charge in [0, 0.05) is 5.56 Å². The van der Waals surface area contributed by atoms with E-state index < -0.39 is 39.3 Å². The summed E-state index contributed by atoms with van der Waals surface area (Å²) in [5.74, 6) is -3.03. The van der Waals surface area contributed by atoms with Gasteiger partial charge in [0.25, 0.3) is 0 Å². The van der Waals surface area contributed by atoms with Crippen LogP contribution in [0, 0.1) is 17.6 Å². The number of hydrogen-bond donors (Lipinski definition) is 1. The fourth-order valence-electron chi connectivity index (χ4n) is 2.28. The maximum atomic E-state index is 13.6. The Morgan fingerprint density at radius 2 is 1.72 bits per heavy atom. The molecule has 2 aromatic carbocycles. The van der Waals surface area contributed by atoms with Crippen molar-refractivity contribution in [1.29, 1.82) is 0 Å². The monoisotopic (exact) mass is 369 g/mol. The summed E-state index contributed by atoms with van der Waals surface area (Å²) in [7, 11) is -2.72. The van der Waals surface area contributed by atoms with Crippen LogP contribution in [-0.2, 0) is 19.6 Å². The van der Waals surface area contributed by atoms with Gasteiger partial charge < -0.3 is 4.74 Å². The Kier molecular flexibility index (Phi) is 5.73. The third kappa shape index (κ3) is 4.99. The van der Waals surface area contributed by atoms with E-state index in [1.807, 2.05) is 0 Å². The van der Waals surface area contributed by atoms with Crippen LogP contribution in [0.5, 0.6) is 0 Å². The standard InChI is InChI=1S/C17H17F2NO4S/c1-11(17(21)24-2)10-25(22,23)20-16-8-7-14(19)9-15(16)12-3-5-13(18)6-4-12/h3-9,11,20H,10H2,1-2H3/t11-/m1/s1. The zero-order valence-corrected chi connectivity index (χ0v) is 14.4. The van der Waals surface area contributed by atoms with Gasteiger partial charge in [0.05, 0.1) is 24.5 Å². The molecule has 0 saturated carbocycles. The molecule has 2 aromatic rings. The Balaban J connectivity index is 2.33. The van der Waals surface area contributed by atoms with E-state index in [-0.39, 0.29) is 11.3 Å². The molecule has 0 aliphatic rings. The molecular formula is C17H17F2NO4S. The average Bonchev–Trinajstić information content (AvgIpc) is 2.55. The molecule has 1 N–H and O–H groups in total. The lowest BCUT2D eigenvalue weighted by atomic mass is 10.0. The predicted molar refractivity (Wildman–Crippen MR) is 90.4 cm³/mol. The molecule has 0 unspecified atom stereocenters. The molecule has 0 fully saturated rings. The normalized spacial score (nSPS) is 12.5. The van der Waals surface area contributed by atoms with Gasteiger partial charge in [0.1, 0.15) is 11.6 Å². The highest BCUT2D eigenvalue weighted by Gasteiger charge is 2.23. The molecule has 0 bridgehead atoms. The second kappa shape index (κ2) is 7.60. The summed E-state index contributed by atoms with van der Waals surface area (Å²) in [4.78, 5) is 11.4. The second-order valence-electron chi connectivity index (χ2n) is 5.50. The zero-order chi connectivity index (χ0) is 18.6. The Morgan fingerprint density at radius 3 is 2.32 bits per heavy atom. The molecule has 1 atom stereocenters. The minimum absolute atomic E-state index is 0.130. The fourth-order valence-corrected chi connectivity index (χ4v) is 3.67. The van der Waals surface area contributed by atoms with Gasteiger partial charge in [-0.3, -0.25) is 9.52 Å². The number of ether oxygens (including phenoxy) is 1. The van der Waals surface area contributed by atoms with Crippen LogP contribution in [0.2, 0.25) is 0 Å². The topological polar surface area (TPSA) is 72.5 Å². The van der Waals surface area contributed by atoms with Crippen LogP contribution in [0.4, 0.5) is 14.5 Å². The quantitative estimate of drug-likeness (QED) is 0.794. The first-order chi connectivity index (χ1) is 11.7. The van der Waals surface area contributed by atoms with Crippen molar-refractivity contribution in [2.45, 2.75) is 6.92 Å². The summed E-state index contributed by atoms with van der Waals surface area (Å²) < 4.78 is 58.1. The molecule has 0 aromatic heterocycles. The first-order valence-electron chi connectivity index (χ1n) is 7.35. The van der Waals surface area contributed by atoms with Crippen LogP contribution < -0.4 is 4.72 Å². The number of carbonyl (C=O) groups excluding carboxylic acids is 1. The predicted octanol–water partition coefficient (Wildman–Crippen LogP) is 3.18. The summed E-state index contributed by atoms with van der Waals surface area (Å²) in [5.41, 5.74) is 0.832. The number of benzene rings is 2. The van der Waals surface area contributed by atoms with Gasteiger partial charge in [-0.2, -0.15) is 0 Å². The maximum Gasteiger partial charge on any atom is 0.309 e. The van der Waals surface area contributed by atoms with E-state index in [2.05, 4.69) is 9.46 Å². The van der Waals surface area contributed by atoms with E-state index in [1.54, 1.807) is 0 Å². The van der Waals surface area contributed by atoms with Crippen LogP contribution in [0.15, 0.2) is 42.5 Å². The molecule has 134 valence electrons. The maximum absolute atomic E-state index is 13.6. The molecule has 0 aliphatic carbocycles. The molecule has 5 nitrogen and oxygen atoms in total. The molecule has 0 radical (unpaired) electrons. The first-order valence-corrected chi connectivity index (χ1v) is 9.01. The van der Waals surface area contributed by atoms with E-state index in [4.69, 9.17) is 0 Å². The number of nitrogens with one attached hydrogen (secondary N) is 1. The van der Waals surface area contributed by atoms with Gasteiger partial charge in [-0.05, 0) is 35.9 Å². The molecular weight excluding hydrogens is 352 g/mol. The van der Waals surface area contributed by atoms with Crippen molar-refractivity contribution in [2.75, 3.05) is 17.6 Å². The van der Waals surface area contributed by atoms with Crippen LogP contribution in [-0.4, -0.2) is 27.2 Å². The van der Waals surface area contributed by atoms with Crippen molar-refractivity contribution < 1.29 is 26.7 Å². The summed E-state index contributed by atoms with van der Waals surface area (Å²) in [6.07, 6.45) is 0. The molecule has 25 heavy (non-hydrogen) atoms. The number of esters is 1. The lowest BCUT2D eigenvalue weighted by Crippen LogP contribution is -2.27. The number of carbonyl (C=O) groups is 1. The zero-order valence-electron chi connectivity index (χ0n) is 13.6. The smallest absolute Gasteiger partial charge is 0.309 e. The van der Waals surface area contributed by atoms with Crippen LogP contribution in [0.1, 0.15) is 6.92 Å². The Bertz CT molecular complexity index is 867. The van der Waals surface area contributed by atoms with Gasteiger partial charge in [0.15, 0.2) is 0 Å². The van der Waals surface area contributed by atoms with Crippen molar-refractivity contribution >= 4 is 21.7 Å². The van der Waals surface area contributed by atoms with Crippen molar-refractivity contribution in [3.63, 3.8) is 0 Å². The number of hydrogen-bond acceptors (Lipinski definition) is 4. The molecule has 2 rings (SSSR count). The van der Waals surface area contributed by atoms with E-state index in [0.29, 0.717) is 5.56 Å². The SMILES string of the molecule is COC(=O)[C@H](C)CS(=O)(=O)Nc1ccc(F)cc1-c1ccc(F)cc1. The average molecular weight is 369 g/mol. The van der Waals surface area contributed by atoms with Crippen molar-refractivity contribution in [3.8, 4) is 11.1 Å². The van der Waals surface area contributed by atoms with Crippen LogP contribution in [0.3, 0.4) is 0 Å². The van der Waals surface area contributed by atoms with Gasteiger partial charge in [-0.15, -0.1) is 0 Å². The summed E-state index contributed by atoms with van der Waals surface area (Å²) in [6, 6.07) is 8.74. The van der Waals surface area contributed by atoms with Crippen LogP contribution >= 0.6 is 0 Å². The molecule has 0 amide bonds. The third-order valence-electron chi connectivity index (χ3n) is 3.48. The highest BCUT2D eigenvalue weighted by atomic mass is 32.2. The Hall–Kier alpha value is -2.48. The Labute approximate surface area is 144 Å². The number of rotatable bonds is 6. The number of sulfonamides is 1. The summed E-state index contributed by atoms with van der Waals surface area (Å²) >= 11 is 0. The molecule has 0 saturated heterocycles. The van der Waals surface area contributed by atoms with E-state index in [1.165, 1.54) is 44.4 Å². The number of anilines is 1. The first kappa shape index (κ1) is 18.9. The largest absolute Gasteiger partial charge is 0.469 e. The third-order valence-corrected chi connectivity index (χ3v) is 4.95. The Morgan fingerprint density at radius 1 is 1.12 bits per heavy atom. The summed E-state index contributed by atoms with van der Waals surface area (Å²) in [6.45, 7) is 1.43. The molecule has 0 aliphatic heterocycles. The lowest BCUT2D eigenvalue weighted by Gasteiger charge is -2.15. The van der Waals surface area contributed by atoms with E-state index in [0.717, 1.165) is 12.1 Å². The van der Waals surface area contributed by atoms with Gasteiger partial charge in [-0.1, -0.05) is 19.1 Å². The number of methoxy groups -OCH3 is 1. The van der Waals surface area contributed by atoms with Crippen molar-refractivity contribution in [3.05, 3.63) is 54.1 Å². The molecule has 0 heterocycles. The summed E-state index contributed by atoms with van der Waals surface area (Å²) in [5, 5.41) is 0. The van der Waals surface area contributed by atoms with Crippen molar-refractivity contribution in [2.24, 2.45) is 5.92 Å². The van der Waals surface area contributed by atoms with Crippen molar-refractivity contribution in [1.82, 2.24) is 0 Å². The van der Waals surface area contributed by atoms with E-state index in [9.17, 15) is 22.0 Å². The van der Waals surface area contributed by atoms with E-state index >= 15 is 0 Å². The van der Waals surface area contributed by atoms with Gasteiger partial charge in [0.2, 0.25) is 10.0 Å². The molecule has 0 spiro atoms. The highest BCUT2D eigenvalue weighted by molar-refractivity contribution is 7.92. The lowest BCUT2D eigenvalue weighted by molar-refractivity contribution is -0.144. The minimum atomic E-state index is -3.89. The minimum Gasteiger partial charge on any atom is -0.469 e. The van der Waals surface area contributed by atoms with Gasteiger partial charge in [-0.25, -0.2) is 17.2 Å². The second-order valence-corrected chi connectivity index (χ2v) is 7.27. The fraction of sp³-hybridized carbons (Fsp3) is 0.235.